The maximum atomic E-state index is 11.8. The maximum Gasteiger partial charge on any atom is 0.246 e. The SMILES string of the molecule is CN1C(=O)CC(NCc2cn(C)c3ccccc23)C1=O. The minimum absolute atomic E-state index is 0.120. The molecule has 5 nitrogen and oxygen atoms in total. The molecule has 1 atom stereocenters. The maximum absolute atomic E-state index is 11.8. The highest BCUT2D eigenvalue weighted by Gasteiger charge is 2.35. The number of rotatable bonds is 3. The van der Waals surface area contributed by atoms with E-state index in [0.717, 1.165) is 11.1 Å². The summed E-state index contributed by atoms with van der Waals surface area (Å²) in [6.07, 6.45) is 2.31. The van der Waals surface area contributed by atoms with E-state index in [9.17, 15) is 9.59 Å². The van der Waals surface area contributed by atoms with Crippen LogP contribution in [0.5, 0.6) is 0 Å². The Kier molecular flexibility index (Phi) is 3.06. The summed E-state index contributed by atoms with van der Waals surface area (Å²) in [5, 5.41) is 4.36. The molecule has 0 bridgehead atoms. The van der Waals surface area contributed by atoms with E-state index in [4.69, 9.17) is 0 Å². The first-order chi connectivity index (χ1) is 9.58. The molecule has 1 aliphatic heterocycles. The number of aryl methyl sites for hydroxylation is 1. The molecule has 20 heavy (non-hydrogen) atoms. The average molecular weight is 271 g/mol. The molecule has 0 aliphatic carbocycles. The first-order valence-electron chi connectivity index (χ1n) is 6.64. The van der Waals surface area contributed by atoms with Gasteiger partial charge in [-0.1, -0.05) is 18.2 Å². The van der Waals surface area contributed by atoms with Gasteiger partial charge in [0.15, 0.2) is 0 Å². The largest absolute Gasteiger partial charge is 0.350 e. The zero-order valence-electron chi connectivity index (χ0n) is 11.6. The van der Waals surface area contributed by atoms with Crippen molar-refractivity contribution < 1.29 is 9.59 Å². The van der Waals surface area contributed by atoms with Gasteiger partial charge in [0.1, 0.15) is 0 Å². The molecule has 0 saturated carbocycles. The van der Waals surface area contributed by atoms with Crippen molar-refractivity contribution in [3.8, 4) is 0 Å². The van der Waals surface area contributed by atoms with Gasteiger partial charge in [-0.15, -0.1) is 0 Å². The first-order valence-corrected chi connectivity index (χ1v) is 6.64. The monoisotopic (exact) mass is 271 g/mol. The third kappa shape index (κ3) is 2.00. The zero-order chi connectivity index (χ0) is 14.3. The molecule has 1 unspecified atom stereocenters. The van der Waals surface area contributed by atoms with E-state index in [1.807, 2.05) is 19.2 Å². The number of hydrogen-bond acceptors (Lipinski definition) is 3. The van der Waals surface area contributed by atoms with E-state index in [1.54, 1.807) is 0 Å². The highest BCUT2D eigenvalue weighted by Crippen LogP contribution is 2.20. The van der Waals surface area contributed by atoms with Crippen LogP contribution >= 0.6 is 0 Å². The Morgan fingerprint density at radius 2 is 2.00 bits per heavy atom. The summed E-state index contributed by atoms with van der Waals surface area (Å²) in [7, 11) is 3.54. The number of likely N-dealkylation sites (N-methyl/N-ethyl adjacent to an activating group) is 1. The van der Waals surface area contributed by atoms with E-state index >= 15 is 0 Å². The second-order valence-corrected chi connectivity index (χ2v) is 5.21. The standard InChI is InChI=1S/C15H17N3O2/c1-17-9-10(11-5-3-4-6-13(11)17)8-16-12-7-14(19)18(2)15(12)20/h3-6,9,12,16H,7-8H2,1-2H3. The van der Waals surface area contributed by atoms with Crippen molar-refractivity contribution in [2.75, 3.05) is 7.05 Å². The molecular weight excluding hydrogens is 254 g/mol. The molecule has 1 aromatic heterocycles. The summed E-state index contributed by atoms with van der Waals surface area (Å²) in [5.41, 5.74) is 2.30. The molecule has 1 saturated heterocycles. The summed E-state index contributed by atoms with van der Waals surface area (Å²) in [6.45, 7) is 0.582. The Labute approximate surface area is 117 Å². The van der Waals surface area contributed by atoms with Gasteiger partial charge in [-0.25, -0.2) is 0 Å². The van der Waals surface area contributed by atoms with Crippen molar-refractivity contribution in [2.45, 2.75) is 19.0 Å². The number of carbonyl (C=O) groups is 2. The summed E-state index contributed by atoms with van der Waals surface area (Å²) in [6, 6.07) is 7.75. The normalized spacial score (nSPS) is 19.3. The van der Waals surface area contributed by atoms with E-state index < -0.39 is 6.04 Å². The third-order valence-corrected chi connectivity index (χ3v) is 3.90. The van der Waals surface area contributed by atoms with Crippen molar-refractivity contribution in [2.24, 2.45) is 7.05 Å². The molecule has 1 N–H and O–H groups in total. The average Bonchev–Trinajstić information content (AvgIpc) is 2.90. The van der Waals surface area contributed by atoms with Crippen LogP contribution in [0.25, 0.3) is 10.9 Å². The van der Waals surface area contributed by atoms with Crippen LogP contribution in [0.1, 0.15) is 12.0 Å². The second kappa shape index (κ2) is 4.76. The van der Waals surface area contributed by atoms with Crippen molar-refractivity contribution in [3.63, 3.8) is 0 Å². The van der Waals surface area contributed by atoms with E-state index in [-0.39, 0.29) is 18.2 Å². The van der Waals surface area contributed by atoms with Crippen LogP contribution in [0.4, 0.5) is 0 Å². The summed E-state index contributed by atoms with van der Waals surface area (Å²) >= 11 is 0. The quantitative estimate of drug-likeness (QED) is 0.848. The number of benzene rings is 1. The molecule has 0 radical (unpaired) electrons. The molecule has 3 rings (SSSR count). The number of imide groups is 1. The molecule has 2 amide bonds. The van der Waals surface area contributed by atoms with Crippen LogP contribution in [0.15, 0.2) is 30.5 Å². The molecule has 1 fully saturated rings. The lowest BCUT2D eigenvalue weighted by Gasteiger charge is -2.10. The van der Waals surface area contributed by atoms with E-state index in [1.165, 1.54) is 17.3 Å². The third-order valence-electron chi connectivity index (χ3n) is 3.90. The predicted molar refractivity (Wildman–Crippen MR) is 75.9 cm³/mol. The van der Waals surface area contributed by atoms with Gasteiger partial charge < -0.3 is 9.88 Å². The number of para-hydroxylation sites is 1. The van der Waals surface area contributed by atoms with Crippen LogP contribution in [-0.4, -0.2) is 34.4 Å². The number of hydrogen-bond donors (Lipinski definition) is 1. The summed E-state index contributed by atoms with van der Waals surface area (Å²) < 4.78 is 2.07. The fourth-order valence-electron chi connectivity index (χ4n) is 2.71. The van der Waals surface area contributed by atoms with Gasteiger partial charge in [0.05, 0.1) is 12.5 Å². The molecular formula is C15H17N3O2. The van der Waals surface area contributed by atoms with Crippen LogP contribution in [0.2, 0.25) is 0 Å². The lowest BCUT2D eigenvalue weighted by atomic mass is 10.1. The number of likely N-dealkylation sites (tertiary alicyclic amines) is 1. The Hall–Kier alpha value is -2.14. The van der Waals surface area contributed by atoms with Crippen LogP contribution in [-0.2, 0) is 23.2 Å². The van der Waals surface area contributed by atoms with Crippen molar-refractivity contribution in [3.05, 3.63) is 36.0 Å². The van der Waals surface area contributed by atoms with Crippen molar-refractivity contribution >= 4 is 22.7 Å². The lowest BCUT2D eigenvalue weighted by Crippen LogP contribution is -2.36. The highest BCUT2D eigenvalue weighted by molar-refractivity contribution is 6.05. The smallest absolute Gasteiger partial charge is 0.246 e. The lowest BCUT2D eigenvalue weighted by molar-refractivity contribution is -0.137. The molecule has 5 heteroatoms. The Morgan fingerprint density at radius 3 is 2.70 bits per heavy atom. The Bertz CT molecular complexity index is 689. The fraction of sp³-hybridized carbons (Fsp3) is 0.333. The summed E-state index contributed by atoms with van der Waals surface area (Å²) in [5.74, 6) is -0.263. The van der Waals surface area contributed by atoms with E-state index in [2.05, 4.69) is 28.2 Å². The van der Waals surface area contributed by atoms with Crippen LogP contribution in [0.3, 0.4) is 0 Å². The van der Waals surface area contributed by atoms with Gasteiger partial charge in [0.2, 0.25) is 11.8 Å². The fourth-order valence-corrected chi connectivity index (χ4v) is 2.71. The number of amides is 2. The Morgan fingerprint density at radius 1 is 1.25 bits per heavy atom. The molecule has 2 aromatic rings. The second-order valence-electron chi connectivity index (χ2n) is 5.21. The van der Waals surface area contributed by atoms with E-state index in [0.29, 0.717) is 6.54 Å². The van der Waals surface area contributed by atoms with Gasteiger partial charge in [-0.05, 0) is 11.6 Å². The van der Waals surface area contributed by atoms with Gasteiger partial charge >= 0.3 is 0 Å². The number of aromatic nitrogens is 1. The van der Waals surface area contributed by atoms with Crippen molar-refractivity contribution in [1.82, 2.24) is 14.8 Å². The predicted octanol–water partition coefficient (Wildman–Crippen LogP) is 1.03. The highest BCUT2D eigenvalue weighted by atomic mass is 16.2. The molecule has 2 heterocycles. The number of carbonyl (C=O) groups excluding carboxylic acids is 2. The first kappa shape index (κ1) is 12.9. The van der Waals surface area contributed by atoms with Crippen LogP contribution < -0.4 is 5.32 Å². The number of fused-ring (bicyclic) bond motifs is 1. The molecule has 1 aliphatic rings. The van der Waals surface area contributed by atoms with Crippen molar-refractivity contribution in [1.29, 1.82) is 0 Å². The minimum atomic E-state index is -0.397. The zero-order valence-corrected chi connectivity index (χ0v) is 11.6. The van der Waals surface area contributed by atoms with Gasteiger partial charge in [-0.2, -0.15) is 0 Å². The molecule has 0 spiro atoms. The molecule has 1 aromatic carbocycles. The number of nitrogens with zero attached hydrogens (tertiary/aromatic N) is 2. The topological polar surface area (TPSA) is 54.3 Å². The summed E-state index contributed by atoms with van der Waals surface area (Å²) in [4.78, 5) is 24.5. The van der Waals surface area contributed by atoms with Gasteiger partial charge in [0, 0.05) is 37.7 Å². The minimum Gasteiger partial charge on any atom is -0.350 e. The Balaban J connectivity index is 1.78. The van der Waals surface area contributed by atoms with Gasteiger partial charge in [0.25, 0.3) is 0 Å². The number of nitrogens with one attached hydrogen (secondary N) is 1. The van der Waals surface area contributed by atoms with Gasteiger partial charge in [-0.3, -0.25) is 14.5 Å². The van der Waals surface area contributed by atoms with Crippen LogP contribution in [0, 0.1) is 0 Å². The molecule has 104 valence electrons.